The summed E-state index contributed by atoms with van der Waals surface area (Å²) in [6.45, 7) is 1.97. The van der Waals surface area contributed by atoms with Gasteiger partial charge in [-0.2, -0.15) is 17.0 Å². The Morgan fingerprint density at radius 2 is 2.44 bits per heavy atom. The van der Waals surface area contributed by atoms with Gasteiger partial charge in [0.1, 0.15) is 0 Å². The van der Waals surface area contributed by atoms with Gasteiger partial charge in [-0.05, 0) is 30.2 Å². The third kappa shape index (κ3) is 2.11. The molecular weight excluding hydrogens is 236 g/mol. The van der Waals surface area contributed by atoms with E-state index in [0.29, 0.717) is 17.7 Å². The fraction of sp³-hybridized carbons (Fsp3) is 0.417. The highest BCUT2D eigenvalue weighted by molar-refractivity contribution is 7.98. The van der Waals surface area contributed by atoms with E-state index in [-0.39, 0.29) is 0 Å². The van der Waals surface area contributed by atoms with Crippen LogP contribution < -0.4 is 5.73 Å². The van der Waals surface area contributed by atoms with Gasteiger partial charge in [0.2, 0.25) is 0 Å². The summed E-state index contributed by atoms with van der Waals surface area (Å²) in [4.78, 5) is 2.52. The summed E-state index contributed by atoms with van der Waals surface area (Å²) >= 11 is 3.72. The lowest BCUT2D eigenvalue weighted by Gasteiger charge is -2.08. The number of nitrogens with two attached hydrogens (primary N) is 1. The van der Waals surface area contributed by atoms with Crippen LogP contribution in [0.4, 0.5) is 0 Å². The maximum absolute atomic E-state index is 8.97. The van der Waals surface area contributed by atoms with Gasteiger partial charge < -0.3 is 5.73 Å². The van der Waals surface area contributed by atoms with Gasteiger partial charge in [0, 0.05) is 10.6 Å². The number of nitriles is 1. The van der Waals surface area contributed by atoms with Gasteiger partial charge in [0.15, 0.2) is 0 Å². The summed E-state index contributed by atoms with van der Waals surface area (Å²) in [5.74, 6) is 2.29. The topological polar surface area (TPSA) is 49.8 Å². The molecule has 0 saturated heterocycles. The van der Waals surface area contributed by atoms with Crippen molar-refractivity contribution in [2.24, 2.45) is 5.73 Å². The fourth-order valence-corrected chi connectivity index (χ4v) is 4.12. The second-order valence-electron chi connectivity index (χ2n) is 3.72. The van der Waals surface area contributed by atoms with Crippen LogP contribution in [0.1, 0.15) is 28.7 Å². The number of thiophene rings is 1. The van der Waals surface area contributed by atoms with Crippen LogP contribution in [0.25, 0.3) is 5.70 Å². The van der Waals surface area contributed by atoms with Gasteiger partial charge >= 0.3 is 0 Å². The van der Waals surface area contributed by atoms with E-state index in [0.717, 1.165) is 17.1 Å². The van der Waals surface area contributed by atoms with Crippen molar-refractivity contribution in [1.82, 2.24) is 0 Å². The van der Waals surface area contributed by atoms with E-state index in [2.05, 4.69) is 12.1 Å². The van der Waals surface area contributed by atoms with Crippen molar-refractivity contribution < 1.29 is 0 Å². The lowest BCUT2D eigenvalue weighted by Crippen LogP contribution is -1.98. The van der Waals surface area contributed by atoms with Crippen molar-refractivity contribution in [1.29, 1.82) is 5.26 Å². The minimum Gasteiger partial charge on any atom is -0.397 e. The Morgan fingerprint density at radius 1 is 1.62 bits per heavy atom. The van der Waals surface area contributed by atoms with Crippen LogP contribution in [-0.2, 0) is 12.2 Å². The molecule has 84 valence electrons. The number of hydrogen-bond donors (Lipinski definition) is 1. The molecule has 1 aromatic heterocycles. The minimum absolute atomic E-state index is 0.675. The van der Waals surface area contributed by atoms with Crippen molar-refractivity contribution in [3.63, 3.8) is 0 Å². The molecule has 0 spiro atoms. The Hall–Kier alpha value is -0.920. The van der Waals surface area contributed by atoms with Crippen LogP contribution in [-0.4, -0.2) is 5.75 Å². The molecule has 2 nitrogen and oxygen atoms in total. The first-order chi connectivity index (χ1) is 7.76. The molecule has 1 aromatic rings. The van der Waals surface area contributed by atoms with Crippen molar-refractivity contribution >= 4 is 28.8 Å². The fourth-order valence-electron chi connectivity index (χ4n) is 1.76. The molecule has 0 radical (unpaired) electrons. The maximum atomic E-state index is 8.97. The first-order valence-electron chi connectivity index (χ1n) is 5.34. The molecule has 0 bridgehead atoms. The molecule has 2 N–H and O–H groups in total. The van der Waals surface area contributed by atoms with Crippen molar-refractivity contribution in [3.05, 3.63) is 27.0 Å². The average molecular weight is 250 g/mol. The largest absolute Gasteiger partial charge is 0.397 e. The molecule has 2 heterocycles. The van der Waals surface area contributed by atoms with Crippen LogP contribution in [0.5, 0.6) is 0 Å². The third-order valence-corrected chi connectivity index (χ3v) is 4.99. The summed E-state index contributed by atoms with van der Waals surface area (Å²) in [6, 6.07) is 4.35. The Labute approximate surface area is 104 Å². The Morgan fingerprint density at radius 3 is 3.06 bits per heavy atom. The highest BCUT2D eigenvalue weighted by atomic mass is 32.2. The Kier molecular flexibility index (Phi) is 3.57. The van der Waals surface area contributed by atoms with E-state index in [1.54, 1.807) is 11.3 Å². The molecule has 1 aliphatic heterocycles. The van der Waals surface area contributed by atoms with Crippen LogP contribution in [0.15, 0.2) is 11.6 Å². The van der Waals surface area contributed by atoms with E-state index in [9.17, 15) is 0 Å². The quantitative estimate of drug-likeness (QED) is 0.820. The number of allylic oxidation sites excluding steroid dienone is 1. The minimum atomic E-state index is 0.675. The van der Waals surface area contributed by atoms with E-state index in [4.69, 9.17) is 11.0 Å². The highest BCUT2D eigenvalue weighted by Gasteiger charge is 2.15. The van der Waals surface area contributed by atoms with Gasteiger partial charge in [0.05, 0.1) is 22.2 Å². The van der Waals surface area contributed by atoms with Gasteiger partial charge in [-0.3, -0.25) is 0 Å². The molecule has 2 rings (SSSR count). The molecule has 0 fully saturated rings. The Balaban J connectivity index is 2.38. The first kappa shape index (κ1) is 11.6. The predicted molar refractivity (Wildman–Crippen MR) is 71.2 cm³/mol. The number of aryl methyl sites for hydroxylation is 1. The number of hydrogen-bond acceptors (Lipinski definition) is 4. The molecule has 0 atom stereocenters. The van der Waals surface area contributed by atoms with Crippen molar-refractivity contribution in [2.75, 3.05) is 5.75 Å². The van der Waals surface area contributed by atoms with Crippen LogP contribution in [0, 0.1) is 11.3 Å². The van der Waals surface area contributed by atoms with E-state index in [1.165, 1.54) is 16.2 Å². The van der Waals surface area contributed by atoms with Gasteiger partial charge in [-0.25, -0.2) is 0 Å². The SMILES string of the molecule is CCC(C#N)=C(N)c1cc2c(s1)CCSC2. The van der Waals surface area contributed by atoms with Crippen LogP contribution >= 0.6 is 23.1 Å². The highest BCUT2D eigenvalue weighted by Crippen LogP contribution is 2.34. The van der Waals surface area contributed by atoms with Crippen LogP contribution in [0.2, 0.25) is 0 Å². The molecule has 0 aromatic carbocycles. The van der Waals surface area contributed by atoms with E-state index < -0.39 is 0 Å². The molecular formula is C12H14N2S2. The van der Waals surface area contributed by atoms with Crippen molar-refractivity contribution in [3.8, 4) is 6.07 Å². The zero-order valence-corrected chi connectivity index (χ0v) is 10.9. The standard InChI is InChI=1S/C12H14N2S2/c1-2-8(6-13)12(14)11-5-9-7-15-4-3-10(9)16-11/h5H,2-4,7,14H2,1H3. The first-order valence-corrected chi connectivity index (χ1v) is 7.31. The summed E-state index contributed by atoms with van der Waals surface area (Å²) < 4.78 is 0. The second-order valence-corrected chi connectivity index (χ2v) is 5.96. The van der Waals surface area contributed by atoms with Gasteiger partial charge in [0.25, 0.3) is 0 Å². The predicted octanol–water partition coefficient (Wildman–Crippen LogP) is 3.14. The molecule has 1 aliphatic rings. The lowest BCUT2D eigenvalue weighted by atomic mass is 10.1. The summed E-state index contributed by atoms with van der Waals surface area (Å²) in [7, 11) is 0. The Bertz CT molecular complexity index is 442. The van der Waals surface area contributed by atoms with Gasteiger partial charge in [-0.1, -0.05) is 6.92 Å². The van der Waals surface area contributed by atoms with Crippen molar-refractivity contribution in [2.45, 2.75) is 25.5 Å². The smallest absolute Gasteiger partial charge is 0.0969 e. The molecule has 0 unspecified atom stereocenters. The van der Waals surface area contributed by atoms with E-state index >= 15 is 0 Å². The maximum Gasteiger partial charge on any atom is 0.0969 e. The van der Waals surface area contributed by atoms with E-state index in [1.807, 2.05) is 18.7 Å². The average Bonchev–Trinajstić information content (AvgIpc) is 2.74. The summed E-state index contributed by atoms with van der Waals surface area (Å²) in [6.07, 6.45) is 1.85. The van der Waals surface area contributed by atoms with Crippen LogP contribution in [0.3, 0.4) is 0 Å². The zero-order valence-electron chi connectivity index (χ0n) is 9.25. The third-order valence-electron chi connectivity index (χ3n) is 2.71. The molecule has 4 heteroatoms. The normalized spacial score (nSPS) is 16.2. The number of rotatable bonds is 2. The molecule has 16 heavy (non-hydrogen) atoms. The monoisotopic (exact) mass is 250 g/mol. The molecule has 0 amide bonds. The molecule has 0 aliphatic carbocycles. The zero-order chi connectivity index (χ0) is 11.5. The second kappa shape index (κ2) is 4.94. The lowest BCUT2D eigenvalue weighted by molar-refractivity contribution is 1.13. The number of fused-ring (bicyclic) bond motifs is 1. The summed E-state index contributed by atoms with van der Waals surface area (Å²) in [5, 5.41) is 8.97. The molecule has 0 saturated carbocycles. The van der Waals surface area contributed by atoms with Gasteiger partial charge in [-0.15, -0.1) is 11.3 Å². The summed E-state index contributed by atoms with van der Waals surface area (Å²) in [5.41, 5.74) is 8.82. The number of thioether (sulfide) groups is 1. The number of nitrogens with zero attached hydrogens (tertiary/aromatic N) is 1.